The van der Waals surface area contributed by atoms with Crippen molar-refractivity contribution >= 4 is 17.4 Å². The standard InChI is InChI=1S/C19H19N9O/c1-14-22-23-18-17(20-7-8-27(14)18)25-9-11-26(12-10-25)19(29)16-13-21-28(24-16)15-5-3-2-4-6-15/h2-8,13H,9-12H2,1H3. The molecule has 0 N–H and O–H groups in total. The molecule has 4 aromatic rings. The van der Waals surface area contributed by atoms with Gasteiger partial charge in [-0.3, -0.25) is 9.20 Å². The molecule has 29 heavy (non-hydrogen) atoms. The Morgan fingerprint density at radius 2 is 1.83 bits per heavy atom. The first-order valence-electron chi connectivity index (χ1n) is 9.39. The van der Waals surface area contributed by atoms with Crippen LogP contribution in [0.2, 0.25) is 0 Å². The van der Waals surface area contributed by atoms with Crippen LogP contribution in [0.25, 0.3) is 11.3 Å². The molecule has 0 unspecified atom stereocenters. The van der Waals surface area contributed by atoms with E-state index in [1.165, 1.54) is 11.0 Å². The van der Waals surface area contributed by atoms with Gasteiger partial charge in [0.05, 0.1) is 11.9 Å². The molecular weight excluding hydrogens is 370 g/mol. The Bertz CT molecular complexity index is 1160. The minimum atomic E-state index is -0.115. The number of piperazine rings is 1. The zero-order valence-corrected chi connectivity index (χ0v) is 15.9. The normalized spacial score (nSPS) is 14.5. The van der Waals surface area contributed by atoms with E-state index in [2.05, 4.69) is 30.3 Å². The molecular formula is C19H19N9O. The summed E-state index contributed by atoms with van der Waals surface area (Å²) < 4.78 is 1.92. The van der Waals surface area contributed by atoms with E-state index in [0.717, 1.165) is 23.0 Å². The Morgan fingerprint density at radius 1 is 1.03 bits per heavy atom. The van der Waals surface area contributed by atoms with E-state index < -0.39 is 0 Å². The van der Waals surface area contributed by atoms with E-state index >= 15 is 0 Å². The lowest BCUT2D eigenvalue weighted by molar-refractivity contribution is 0.0740. The van der Waals surface area contributed by atoms with Crippen LogP contribution < -0.4 is 4.90 Å². The summed E-state index contributed by atoms with van der Waals surface area (Å²) in [6.45, 7) is 4.39. The molecule has 0 spiro atoms. The second kappa shape index (κ2) is 6.97. The fraction of sp³-hybridized carbons (Fsp3) is 0.263. The van der Waals surface area contributed by atoms with E-state index in [1.807, 2.05) is 47.9 Å². The highest BCUT2D eigenvalue weighted by Crippen LogP contribution is 2.19. The second-order valence-electron chi connectivity index (χ2n) is 6.83. The molecule has 1 amide bonds. The Kier molecular flexibility index (Phi) is 4.15. The van der Waals surface area contributed by atoms with Crippen LogP contribution in [0.15, 0.2) is 48.9 Å². The van der Waals surface area contributed by atoms with Gasteiger partial charge in [0.1, 0.15) is 5.82 Å². The highest BCUT2D eigenvalue weighted by Gasteiger charge is 2.26. The van der Waals surface area contributed by atoms with Gasteiger partial charge >= 0.3 is 0 Å². The quantitative estimate of drug-likeness (QED) is 0.515. The van der Waals surface area contributed by atoms with Gasteiger partial charge in [0, 0.05) is 38.6 Å². The van der Waals surface area contributed by atoms with E-state index in [9.17, 15) is 4.79 Å². The summed E-state index contributed by atoms with van der Waals surface area (Å²) in [6, 6.07) is 9.53. The number of carbonyl (C=O) groups is 1. The number of benzene rings is 1. The zero-order valence-electron chi connectivity index (χ0n) is 15.9. The zero-order chi connectivity index (χ0) is 19.8. The average molecular weight is 389 g/mol. The van der Waals surface area contributed by atoms with Gasteiger partial charge in [0.15, 0.2) is 11.5 Å². The maximum Gasteiger partial charge on any atom is 0.276 e. The van der Waals surface area contributed by atoms with Gasteiger partial charge < -0.3 is 9.80 Å². The third-order valence-electron chi connectivity index (χ3n) is 5.04. The number of rotatable bonds is 3. The Balaban J connectivity index is 1.29. The van der Waals surface area contributed by atoms with Crippen molar-refractivity contribution in [2.75, 3.05) is 31.1 Å². The predicted octanol–water partition coefficient (Wildman–Crippen LogP) is 0.976. The van der Waals surface area contributed by atoms with Crippen molar-refractivity contribution in [2.45, 2.75) is 6.92 Å². The Morgan fingerprint density at radius 3 is 2.62 bits per heavy atom. The second-order valence-corrected chi connectivity index (χ2v) is 6.83. The van der Waals surface area contributed by atoms with Crippen molar-refractivity contribution in [3.05, 3.63) is 60.4 Å². The molecule has 5 rings (SSSR count). The predicted molar refractivity (Wildman–Crippen MR) is 105 cm³/mol. The molecule has 1 fully saturated rings. The van der Waals surface area contributed by atoms with Crippen molar-refractivity contribution in [3.63, 3.8) is 0 Å². The molecule has 1 saturated heterocycles. The maximum atomic E-state index is 12.9. The number of hydrogen-bond acceptors (Lipinski definition) is 7. The lowest BCUT2D eigenvalue weighted by atomic mass is 10.3. The first-order chi connectivity index (χ1) is 14.2. The van der Waals surface area contributed by atoms with Crippen molar-refractivity contribution in [1.82, 2.24) is 39.5 Å². The maximum absolute atomic E-state index is 12.9. The first-order valence-corrected chi connectivity index (χ1v) is 9.39. The van der Waals surface area contributed by atoms with Crippen LogP contribution in [0.3, 0.4) is 0 Å². The summed E-state index contributed by atoms with van der Waals surface area (Å²) in [6.07, 6.45) is 5.12. The van der Waals surface area contributed by atoms with Crippen LogP contribution >= 0.6 is 0 Å². The van der Waals surface area contributed by atoms with Crippen LogP contribution in [-0.2, 0) is 0 Å². The molecule has 1 aromatic carbocycles. The van der Waals surface area contributed by atoms with Crippen LogP contribution in [0.1, 0.15) is 16.3 Å². The summed E-state index contributed by atoms with van der Waals surface area (Å²) in [7, 11) is 0. The summed E-state index contributed by atoms with van der Waals surface area (Å²) >= 11 is 0. The smallest absolute Gasteiger partial charge is 0.276 e. The number of carbonyl (C=O) groups excluding carboxylic acids is 1. The van der Waals surface area contributed by atoms with Crippen molar-refractivity contribution in [3.8, 4) is 5.69 Å². The number of amides is 1. The lowest BCUT2D eigenvalue weighted by Gasteiger charge is -2.34. The molecule has 1 aliphatic heterocycles. The highest BCUT2D eigenvalue weighted by molar-refractivity contribution is 5.92. The molecule has 0 radical (unpaired) electrons. The number of aromatic nitrogens is 7. The largest absolute Gasteiger partial charge is 0.350 e. The summed E-state index contributed by atoms with van der Waals surface area (Å²) in [4.78, 5) is 22.7. The SMILES string of the molecule is Cc1nnc2c(N3CCN(C(=O)c4cnn(-c5ccccc5)n4)CC3)nccn12. The van der Waals surface area contributed by atoms with Gasteiger partial charge in [-0.15, -0.1) is 15.3 Å². The van der Waals surface area contributed by atoms with Crippen LogP contribution in [0.4, 0.5) is 5.82 Å². The fourth-order valence-electron chi connectivity index (χ4n) is 3.48. The molecule has 146 valence electrons. The topological polar surface area (TPSA) is 97.3 Å². The van der Waals surface area contributed by atoms with Gasteiger partial charge in [-0.1, -0.05) is 18.2 Å². The summed E-state index contributed by atoms with van der Waals surface area (Å²) in [5.41, 5.74) is 1.89. The number of aryl methyl sites for hydroxylation is 1. The molecule has 0 saturated carbocycles. The fourth-order valence-corrected chi connectivity index (χ4v) is 3.48. The van der Waals surface area contributed by atoms with E-state index in [4.69, 9.17) is 0 Å². The van der Waals surface area contributed by atoms with Crippen molar-refractivity contribution < 1.29 is 4.79 Å². The highest BCUT2D eigenvalue weighted by atomic mass is 16.2. The van der Waals surface area contributed by atoms with Gasteiger partial charge in [-0.05, 0) is 19.1 Å². The molecule has 10 nitrogen and oxygen atoms in total. The molecule has 0 atom stereocenters. The number of fused-ring (bicyclic) bond motifs is 1. The number of anilines is 1. The van der Waals surface area contributed by atoms with Crippen LogP contribution in [0.5, 0.6) is 0 Å². The molecule has 3 aromatic heterocycles. The molecule has 0 bridgehead atoms. The van der Waals surface area contributed by atoms with Crippen molar-refractivity contribution in [2.24, 2.45) is 0 Å². The third-order valence-corrected chi connectivity index (χ3v) is 5.04. The molecule has 10 heteroatoms. The monoisotopic (exact) mass is 389 g/mol. The van der Waals surface area contributed by atoms with Crippen LogP contribution in [-0.4, -0.2) is 71.6 Å². The van der Waals surface area contributed by atoms with Gasteiger partial charge in [-0.25, -0.2) is 4.98 Å². The Labute approximate surface area is 166 Å². The van der Waals surface area contributed by atoms with E-state index in [0.29, 0.717) is 31.9 Å². The number of hydrogen-bond donors (Lipinski definition) is 0. The first kappa shape index (κ1) is 17.3. The molecule has 1 aliphatic rings. The van der Waals surface area contributed by atoms with Gasteiger partial charge in [0.25, 0.3) is 5.91 Å². The van der Waals surface area contributed by atoms with Gasteiger partial charge in [-0.2, -0.15) is 9.90 Å². The summed E-state index contributed by atoms with van der Waals surface area (Å²) in [5.74, 6) is 1.49. The average Bonchev–Trinajstić information content (AvgIpc) is 3.42. The minimum absolute atomic E-state index is 0.115. The van der Waals surface area contributed by atoms with Gasteiger partial charge in [0.2, 0.25) is 5.65 Å². The molecule has 4 heterocycles. The Hall–Kier alpha value is -3.82. The number of para-hydroxylation sites is 1. The lowest BCUT2D eigenvalue weighted by Crippen LogP contribution is -2.49. The summed E-state index contributed by atoms with van der Waals surface area (Å²) in [5, 5.41) is 16.9. The van der Waals surface area contributed by atoms with E-state index in [1.54, 1.807) is 11.1 Å². The number of nitrogens with zero attached hydrogens (tertiary/aromatic N) is 9. The third kappa shape index (κ3) is 3.08. The van der Waals surface area contributed by atoms with Crippen LogP contribution in [0, 0.1) is 6.92 Å². The van der Waals surface area contributed by atoms with Crippen molar-refractivity contribution in [1.29, 1.82) is 0 Å². The minimum Gasteiger partial charge on any atom is -0.350 e. The molecule has 0 aliphatic carbocycles. The van der Waals surface area contributed by atoms with E-state index in [-0.39, 0.29) is 5.91 Å².